The Morgan fingerprint density at radius 1 is 1.47 bits per heavy atom. The average Bonchev–Trinajstić information content (AvgIpc) is 2.17. The third-order valence-corrected chi connectivity index (χ3v) is 2.26. The van der Waals surface area contributed by atoms with Gasteiger partial charge in [0.05, 0.1) is 18.1 Å². The van der Waals surface area contributed by atoms with Crippen LogP contribution < -0.4 is 0 Å². The molecule has 0 spiro atoms. The van der Waals surface area contributed by atoms with Gasteiger partial charge in [0, 0.05) is 0 Å². The van der Waals surface area contributed by atoms with E-state index in [4.69, 9.17) is 10.5 Å². The molecule has 15 heavy (non-hydrogen) atoms. The van der Waals surface area contributed by atoms with Crippen LogP contribution in [0.2, 0.25) is 0 Å². The van der Waals surface area contributed by atoms with Gasteiger partial charge in [-0.15, -0.1) is 0 Å². The fourth-order valence-electron chi connectivity index (χ4n) is 1.04. The molecular weight excluding hydrogens is 268 g/mol. The Hall–Kier alpha value is -1.53. The van der Waals surface area contributed by atoms with E-state index in [0.29, 0.717) is 0 Å². The summed E-state index contributed by atoms with van der Waals surface area (Å²) >= 11 is 2.92. The van der Waals surface area contributed by atoms with Crippen LogP contribution in [-0.4, -0.2) is 4.98 Å². The summed E-state index contributed by atoms with van der Waals surface area (Å²) in [4.78, 5) is 3.52. The van der Waals surface area contributed by atoms with Crippen molar-refractivity contribution >= 4 is 15.9 Å². The second-order valence-electron chi connectivity index (χ2n) is 2.62. The molecule has 0 aliphatic rings. The predicted molar refractivity (Wildman–Crippen MR) is 50.9 cm³/mol. The summed E-state index contributed by atoms with van der Waals surface area (Å²) in [7, 11) is 0. The van der Waals surface area contributed by atoms with Gasteiger partial charge in [0.1, 0.15) is 16.4 Å². The van der Waals surface area contributed by atoms with Crippen LogP contribution in [0.3, 0.4) is 0 Å². The van der Waals surface area contributed by atoms with Crippen LogP contribution in [0.25, 0.3) is 0 Å². The van der Waals surface area contributed by atoms with Gasteiger partial charge in [0.25, 0.3) is 6.43 Å². The van der Waals surface area contributed by atoms with Crippen molar-refractivity contribution in [3.05, 3.63) is 27.5 Å². The monoisotopic (exact) mass is 271 g/mol. The first-order chi connectivity index (χ1) is 7.10. The van der Waals surface area contributed by atoms with Crippen molar-refractivity contribution in [3.8, 4) is 12.1 Å². The molecule has 0 aromatic carbocycles. The van der Waals surface area contributed by atoms with Crippen LogP contribution in [0, 0.1) is 22.7 Å². The highest BCUT2D eigenvalue weighted by Crippen LogP contribution is 2.24. The number of alkyl halides is 2. The quantitative estimate of drug-likeness (QED) is 0.777. The molecule has 1 rings (SSSR count). The summed E-state index contributed by atoms with van der Waals surface area (Å²) in [6, 6.07) is 4.70. The van der Waals surface area contributed by atoms with Crippen molar-refractivity contribution < 1.29 is 8.78 Å². The number of rotatable bonds is 2. The summed E-state index contributed by atoms with van der Waals surface area (Å²) in [6.07, 6.45) is -2.81. The SMILES string of the molecule is N#CCc1cc(C(F)F)nc(Br)c1C#N. The Morgan fingerprint density at radius 2 is 2.13 bits per heavy atom. The molecule has 0 N–H and O–H groups in total. The molecule has 0 atom stereocenters. The molecule has 1 heterocycles. The number of halogens is 3. The fraction of sp³-hybridized carbons (Fsp3) is 0.222. The molecule has 0 unspecified atom stereocenters. The molecule has 0 aliphatic heterocycles. The molecule has 1 aromatic heterocycles. The molecule has 0 radical (unpaired) electrons. The van der Waals surface area contributed by atoms with Gasteiger partial charge in [-0.1, -0.05) is 0 Å². The minimum atomic E-state index is -2.72. The van der Waals surface area contributed by atoms with E-state index < -0.39 is 12.1 Å². The number of pyridine rings is 1. The number of aromatic nitrogens is 1. The zero-order valence-corrected chi connectivity index (χ0v) is 8.92. The molecule has 6 heteroatoms. The Balaban J connectivity index is 3.35. The third kappa shape index (κ3) is 2.48. The number of nitrogens with zero attached hydrogens (tertiary/aromatic N) is 3. The lowest BCUT2D eigenvalue weighted by Gasteiger charge is -2.05. The molecule has 0 fully saturated rings. The zero-order chi connectivity index (χ0) is 11.4. The molecule has 3 nitrogen and oxygen atoms in total. The maximum absolute atomic E-state index is 12.4. The van der Waals surface area contributed by atoms with E-state index in [1.165, 1.54) is 0 Å². The van der Waals surface area contributed by atoms with E-state index in [1.54, 1.807) is 0 Å². The van der Waals surface area contributed by atoms with Gasteiger partial charge in [-0.3, -0.25) is 0 Å². The smallest absolute Gasteiger partial charge is 0.239 e. The summed E-state index contributed by atoms with van der Waals surface area (Å²) < 4.78 is 24.8. The van der Waals surface area contributed by atoms with Crippen LogP contribution in [0.4, 0.5) is 8.78 Å². The lowest BCUT2D eigenvalue weighted by molar-refractivity contribution is 0.146. The van der Waals surface area contributed by atoms with Gasteiger partial charge in [0.2, 0.25) is 0 Å². The topological polar surface area (TPSA) is 60.5 Å². The molecular formula is C9H4BrF2N3. The highest BCUT2D eigenvalue weighted by atomic mass is 79.9. The summed E-state index contributed by atoms with van der Waals surface area (Å²) in [5, 5.41) is 17.2. The van der Waals surface area contributed by atoms with Crippen molar-refractivity contribution in [2.24, 2.45) is 0 Å². The van der Waals surface area contributed by atoms with E-state index in [1.807, 2.05) is 12.1 Å². The van der Waals surface area contributed by atoms with E-state index in [2.05, 4.69) is 20.9 Å². The molecule has 0 bridgehead atoms. The molecule has 0 saturated heterocycles. The van der Waals surface area contributed by atoms with Gasteiger partial charge < -0.3 is 0 Å². The van der Waals surface area contributed by atoms with Gasteiger partial charge in [-0.05, 0) is 27.6 Å². The van der Waals surface area contributed by atoms with Crippen LogP contribution in [0.15, 0.2) is 10.7 Å². The molecule has 1 aromatic rings. The minimum Gasteiger partial charge on any atom is -0.239 e. The highest BCUT2D eigenvalue weighted by Gasteiger charge is 2.15. The van der Waals surface area contributed by atoms with Gasteiger partial charge >= 0.3 is 0 Å². The summed E-state index contributed by atoms with van der Waals surface area (Å²) in [5.41, 5.74) is -0.0516. The van der Waals surface area contributed by atoms with Crippen molar-refractivity contribution in [1.29, 1.82) is 10.5 Å². The molecule has 0 aliphatic carbocycles. The van der Waals surface area contributed by atoms with Gasteiger partial charge in [-0.2, -0.15) is 10.5 Å². The average molecular weight is 272 g/mol. The van der Waals surface area contributed by atoms with Crippen molar-refractivity contribution in [3.63, 3.8) is 0 Å². The number of hydrogen-bond donors (Lipinski definition) is 0. The Bertz CT molecular complexity index is 460. The van der Waals surface area contributed by atoms with Crippen LogP contribution in [0.5, 0.6) is 0 Å². The second kappa shape index (κ2) is 4.81. The first kappa shape index (κ1) is 11.5. The first-order valence-electron chi connectivity index (χ1n) is 3.84. The maximum atomic E-state index is 12.4. The molecule has 76 valence electrons. The third-order valence-electron chi connectivity index (χ3n) is 1.68. The molecule has 0 saturated carbocycles. The largest absolute Gasteiger partial charge is 0.280 e. The fourth-order valence-corrected chi connectivity index (χ4v) is 1.59. The van der Waals surface area contributed by atoms with Crippen molar-refractivity contribution in [2.75, 3.05) is 0 Å². The lowest BCUT2D eigenvalue weighted by Crippen LogP contribution is -1.99. The van der Waals surface area contributed by atoms with E-state index >= 15 is 0 Å². The first-order valence-corrected chi connectivity index (χ1v) is 4.64. The highest BCUT2D eigenvalue weighted by molar-refractivity contribution is 9.10. The maximum Gasteiger partial charge on any atom is 0.280 e. The minimum absolute atomic E-state index is 0.0491. The van der Waals surface area contributed by atoms with Gasteiger partial charge in [-0.25, -0.2) is 13.8 Å². The van der Waals surface area contributed by atoms with Crippen LogP contribution in [0.1, 0.15) is 23.2 Å². The zero-order valence-electron chi connectivity index (χ0n) is 7.34. The second-order valence-corrected chi connectivity index (χ2v) is 3.37. The summed E-state index contributed by atoms with van der Waals surface area (Å²) in [5.74, 6) is 0. The molecule has 0 amide bonds. The van der Waals surface area contributed by atoms with Crippen LogP contribution in [-0.2, 0) is 6.42 Å². The van der Waals surface area contributed by atoms with Gasteiger partial charge in [0.15, 0.2) is 0 Å². The Labute approximate surface area is 93.1 Å². The normalized spacial score (nSPS) is 9.73. The lowest BCUT2D eigenvalue weighted by atomic mass is 10.1. The van der Waals surface area contributed by atoms with Crippen LogP contribution >= 0.6 is 15.9 Å². The standard InChI is InChI=1S/C9H4BrF2N3/c10-8-6(4-14)5(1-2-13)3-7(15-8)9(11)12/h3,9H,1H2. The van der Waals surface area contributed by atoms with Crippen molar-refractivity contribution in [1.82, 2.24) is 4.98 Å². The Kier molecular flexibility index (Phi) is 3.70. The van der Waals surface area contributed by atoms with E-state index in [9.17, 15) is 8.78 Å². The predicted octanol–water partition coefficient (Wildman–Crippen LogP) is 2.72. The van der Waals surface area contributed by atoms with Crippen molar-refractivity contribution in [2.45, 2.75) is 12.8 Å². The van der Waals surface area contributed by atoms with E-state index in [-0.39, 0.29) is 22.2 Å². The number of nitriles is 2. The number of hydrogen-bond acceptors (Lipinski definition) is 3. The Morgan fingerprint density at radius 3 is 2.60 bits per heavy atom. The summed E-state index contributed by atoms with van der Waals surface area (Å²) in [6.45, 7) is 0. The van der Waals surface area contributed by atoms with E-state index in [0.717, 1.165) is 6.07 Å².